The molecule has 0 aliphatic heterocycles. The van der Waals surface area contributed by atoms with Crippen LogP contribution in [0.1, 0.15) is 0 Å². The highest BCUT2D eigenvalue weighted by molar-refractivity contribution is 6.33. The molecule has 0 bridgehead atoms. The smallest absolute Gasteiger partial charge is 0.151 e. The monoisotopic (exact) mass is 288 g/mol. The minimum absolute atomic E-state index is 0.0351. The maximum absolute atomic E-state index is 13.6. The highest BCUT2D eigenvalue weighted by Gasteiger charge is 2.11. The van der Waals surface area contributed by atoms with Gasteiger partial charge in [-0.15, -0.1) is 0 Å². The zero-order valence-corrected chi connectivity index (χ0v) is 10.5. The third-order valence-corrected chi connectivity index (χ3v) is 2.81. The van der Waals surface area contributed by atoms with Crippen LogP contribution in [-0.2, 0) is 0 Å². The van der Waals surface area contributed by atoms with Crippen LogP contribution < -0.4 is 11.1 Å². The minimum atomic E-state index is -0.797. The van der Waals surface area contributed by atoms with Gasteiger partial charge < -0.3 is 11.1 Å². The molecule has 0 spiro atoms. The van der Waals surface area contributed by atoms with Crippen LogP contribution in [-0.4, -0.2) is 0 Å². The average molecular weight is 289 g/mol. The van der Waals surface area contributed by atoms with E-state index in [1.165, 1.54) is 6.07 Å². The fourth-order valence-electron chi connectivity index (χ4n) is 1.44. The van der Waals surface area contributed by atoms with Crippen molar-refractivity contribution in [2.75, 3.05) is 11.1 Å². The SMILES string of the molecule is Nc1cc(Cl)ccc1Nc1c(F)cc(F)cc1Cl. The number of nitrogens with two attached hydrogens (primary N) is 1. The Morgan fingerprint density at radius 3 is 2.39 bits per heavy atom. The molecule has 0 unspecified atom stereocenters. The van der Waals surface area contributed by atoms with Crippen molar-refractivity contribution in [1.29, 1.82) is 0 Å². The van der Waals surface area contributed by atoms with Gasteiger partial charge in [0.05, 0.1) is 22.1 Å². The molecule has 0 aromatic heterocycles. The molecule has 0 heterocycles. The van der Waals surface area contributed by atoms with Crippen molar-refractivity contribution >= 4 is 40.3 Å². The third-order valence-electron chi connectivity index (χ3n) is 2.28. The average Bonchev–Trinajstić information content (AvgIpc) is 2.25. The number of nitrogens with one attached hydrogen (secondary N) is 1. The zero-order chi connectivity index (χ0) is 13.3. The van der Waals surface area contributed by atoms with E-state index in [-0.39, 0.29) is 10.7 Å². The molecule has 3 N–H and O–H groups in total. The van der Waals surface area contributed by atoms with Crippen LogP contribution in [0.4, 0.5) is 25.8 Å². The Morgan fingerprint density at radius 2 is 1.78 bits per heavy atom. The molecule has 2 aromatic carbocycles. The Labute approximate surface area is 112 Å². The van der Waals surface area contributed by atoms with E-state index in [0.29, 0.717) is 16.4 Å². The van der Waals surface area contributed by atoms with Gasteiger partial charge in [-0.1, -0.05) is 23.2 Å². The number of rotatable bonds is 2. The number of anilines is 3. The Kier molecular flexibility index (Phi) is 3.59. The van der Waals surface area contributed by atoms with Gasteiger partial charge in [0.25, 0.3) is 0 Å². The third kappa shape index (κ3) is 2.66. The van der Waals surface area contributed by atoms with E-state index in [9.17, 15) is 8.78 Å². The van der Waals surface area contributed by atoms with Crippen LogP contribution in [0.3, 0.4) is 0 Å². The van der Waals surface area contributed by atoms with Gasteiger partial charge in [0, 0.05) is 11.1 Å². The van der Waals surface area contributed by atoms with Crippen molar-refractivity contribution in [2.45, 2.75) is 0 Å². The number of hydrogen-bond acceptors (Lipinski definition) is 2. The maximum Gasteiger partial charge on any atom is 0.151 e. The lowest BCUT2D eigenvalue weighted by molar-refractivity contribution is 0.586. The molecule has 6 heteroatoms. The first kappa shape index (κ1) is 12.9. The number of nitrogen functional groups attached to an aromatic ring is 1. The lowest BCUT2D eigenvalue weighted by Crippen LogP contribution is -1.99. The molecule has 0 fully saturated rings. The molecule has 0 aliphatic carbocycles. The molecule has 0 radical (unpaired) electrons. The summed E-state index contributed by atoms with van der Waals surface area (Å²) in [6, 6.07) is 6.44. The van der Waals surface area contributed by atoms with Crippen LogP contribution in [0.25, 0.3) is 0 Å². The number of hydrogen-bond donors (Lipinski definition) is 2. The first-order valence-electron chi connectivity index (χ1n) is 4.94. The summed E-state index contributed by atoms with van der Waals surface area (Å²) in [6.45, 7) is 0. The van der Waals surface area contributed by atoms with Gasteiger partial charge in [-0.3, -0.25) is 0 Å². The highest BCUT2D eigenvalue weighted by atomic mass is 35.5. The first-order chi connectivity index (χ1) is 8.47. The van der Waals surface area contributed by atoms with Gasteiger partial charge in [-0.2, -0.15) is 0 Å². The van der Waals surface area contributed by atoms with Crippen LogP contribution in [0.2, 0.25) is 10.0 Å². The summed E-state index contributed by atoms with van der Waals surface area (Å²) in [5.74, 6) is -1.54. The standard InChI is InChI=1S/C12H8Cl2F2N2/c13-6-1-2-11(10(17)3-6)18-12-8(14)4-7(15)5-9(12)16/h1-5,18H,17H2. The van der Waals surface area contributed by atoms with Crippen molar-refractivity contribution in [2.24, 2.45) is 0 Å². The van der Waals surface area contributed by atoms with Gasteiger partial charge in [0.2, 0.25) is 0 Å². The fourth-order valence-corrected chi connectivity index (χ4v) is 1.87. The molecular weight excluding hydrogens is 281 g/mol. The first-order valence-corrected chi connectivity index (χ1v) is 5.69. The molecule has 0 saturated carbocycles. The topological polar surface area (TPSA) is 38.0 Å². The van der Waals surface area contributed by atoms with E-state index in [2.05, 4.69) is 5.32 Å². The Hall–Kier alpha value is -1.52. The molecule has 2 aromatic rings. The molecule has 0 amide bonds. The van der Waals surface area contributed by atoms with E-state index < -0.39 is 11.6 Å². The summed E-state index contributed by atoms with van der Waals surface area (Å²) in [7, 11) is 0. The Balaban J connectivity index is 2.40. The molecule has 2 nitrogen and oxygen atoms in total. The molecule has 2 rings (SSSR count). The van der Waals surface area contributed by atoms with Gasteiger partial charge in [-0.25, -0.2) is 8.78 Å². The second-order valence-corrected chi connectivity index (χ2v) is 4.44. The lowest BCUT2D eigenvalue weighted by Gasteiger charge is -2.12. The second kappa shape index (κ2) is 5.00. The van der Waals surface area contributed by atoms with Gasteiger partial charge in [0.15, 0.2) is 5.82 Å². The molecular formula is C12H8Cl2F2N2. The predicted octanol–water partition coefficient (Wildman–Crippen LogP) is 4.60. The molecule has 0 aliphatic rings. The lowest BCUT2D eigenvalue weighted by atomic mass is 10.2. The van der Waals surface area contributed by atoms with Crippen LogP contribution >= 0.6 is 23.2 Å². The predicted molar refractivity (Wildman–Crippen MR) is 70.5 cm³/mol. The second-order valence-electron chi connectivity index (χ2n) is 3.60. The molecule has 94 valence electrons. The Bertz CT molecular complexity index is 580. The number of halogens is 4. The Morgan fingerprint density at radius 1 is 1.06 bits per heavy atom. The van der Waals surface area contributed by atoms with Gasteiger partial charge >= 0.3 is 0 Å². The summed E-state index contributed by atoms with van der Waals surface area (Å²) in [4.78, 5) is 0. The maximum atomic E-state index is 13.6. The van der Waals surface area contributed by atoms with Crippen molar-refractivity contribution in [3.05, 3.63) is 52.0 Å². The normalized spacial score (nSPS) is 10.4. The van der Waals surface area contributed by atoms with E-state index >= 15 is 0 Å². The van der Waals surface area contributed by atoms with Crippen molar-refractivity contribution < 1.29 is 8.78 Å². The fraction of sp³-hybridized carbons (Fsp3) is 0. The van der Waals surface area contributed by atoms with Gasteiger partial charge in [-0.05, 0) is 24.3 Å². The summed E-state index contributed by atoms with van der Waals surface area (Å²) < 4.78 is 26.4. The largest absolute Gasteiger partial charge is 0.397 e. The zero-order valence-electron chi connectivity index (χ0n) is 8.98. The van der Waals surface area contributed by atoms with E-state index in [4.69, 9.17) is 28.9 Å². The van der Waals surface area contributed by atoms with Crippen LogP contribution in [0.5, 0.6) is 0 Å². The molecule has 0 atom stereocenters. The van der Waals surface area contributed by atoms with E-state index in [1.54, 1.807) is 12.1 Å². The van der Waals surface area contributed by atoms with Crippen LogP contribution in [0, 0.1) is 11.6 Å². The van der Waals surface area contributed by atoms with Crippen LogP contribution in [0.15, 0.2) is 30.3 Å². The highest BCUT2D eigenvalue weighted by Crippen LogP contribution is 2.32. The van der Waals surface area contributed by atoms with E-state index in [1.807, 2.05) is 0 Å². The van der Waals surface area contributed by atoms with Gasteiger partial charge in [0.1, 0.15) is 5.82 Å². The number of benzene rings is 2. The quantitative estimate of drug-likeness (QED) is 0.793. The minimum Gasteiger partial charge on any atom is -0.397 e. The summed E-state index contributed by atoms with van der Waals surface area (Å²) >= 11 is 11.5. The molecule has 18 heavy (non-hydrogen) atoms. The van der Waals surface area contributed by atoms with Crippen molar-refractivity contribution in [3.63, 3.8) is 0 Å². The van der Waals surface area contributed by atoms with Crippen molar-refractivity contribution in [3.8, 4) is 0 Å². The summed E-state index contributed by atoms with van der Waals surface area (Å²) in [6.07, 6.45) is 0. The molecule has 0 saturated heterocycles. The summed E-state index contributed by atoms with van der Waals surface area (Å²) in [5.41, 5.74) is 6.45. The van der Waals surface area contributed by atoms with E-state index in [0.717, 1.165) is 12.1 Å². The summed E-state index contributed by atoms with van der Waals surface area (Å²) in [5, 5.41) is 3.10. The van der Waals surface area contributed by atoms with Crippen molar-refractivity contribution in [1.82, 2.24) is 0 Å².